The van der Waals surface area contributed by atoms with Gasteiger partial charge in [-0.05, 0) is 38.5 Å². The molecule has 9 nitrogen and oxygen atoms in total. The number of rotatable bonds is 43. The summed E-state index contributed by atoms with van der Waals surface area (Å²) in [5.74, 6) is -0.812. The molecule has 0 saturated heterocycles. The quantitative estimate of drug-likeness (QED) is 0.0213. The van der Waals surface area contributed by atoms with Gasteiger partial charge in [-0.25, -0.2) is 4.57 Å². The Morgan fingerprint density at radius 3 is 1.36 bits per heavy atom. The van der Waals surface area contributed by atoms with Crippen molar-refractivity contribution < 1.29 is 42.1 Å². The second-order valence-corrected chi connectivity index (χ2v) is 18.6. The number of likely N-dealkylation sites (N-methyl/N-ethyl adjacent to an activating group) is 1. The third-order valence-electron chi connectivity index (χ3n) is 10.3. The van der Waals surface area contributed by atoms with Gasteiger partial charge >= 0.3 is 19.8 Å². The summed E-state index contributed by atoms with van der Waals surface area (Å²) in [7, 11) is 1.48. The highest BCUT2D eigenvalue weighted by Gasteiger charge is 2.27. The molecule has 0 aliphatic rings. The van der Waals surface area contributed by atoms with E-state index in [-0.39, 0.29) is 25.6 Å². The van der Waals surface area contributed by atoms with Gasteiger partial charge in [-0.3, -0.25) is 18.6 Å². The van der Waals surface area contributed by atoms with E-state index in [0.29, 0.717) is 23.9 Å². The number of carbonyl (C=O) groups excluding carboxylic acids is 2. The van der Waals surface area contributed by atoms with E-state index in [4.69, 9.17) is 18.5 Å². The molecule has 2 atom stereocenters. The summed E-state index contributed by atoms with van der Waals surface area (Å²) >= 11 is 0. The lowest BCUT2D eigenvalue weighted by atomic mass is 10.0. The minimum atomic E-state index is -4.37. The summed E-state index contributed by atoms with van der Waals surface area (Å²) in [6.07, 6.45) is 41.2. The van der Waals surface area contributed by atoms with Gasteiger partial charge in [-0.2, -0.15) is 0 Å². The molecule has 0 radical (unpaired) electrons. The summed E-state index contributed by atoms with van der Waals surface area (Å²) < 4.78 is 34.3. The van der Waals surface area contributed by atoms with Crippen LogP contribution in [-0.2, 0) is 32.7 Å². The van der Waals surface area contributed by atoms with E-state index in [2.05, 4.69) is 26.0 Å². The third kappa shape index (κ3) is 42.4. The molecule has 0 aromatic rings. The number of nitrogens with zero attached hydrogens (tertiary/aromatic N) is 1. The average molecular weight is 817 g/mol. The van der Waals surface area contributed by atoms with Crippen molar-refractivity contribution in [1.82, 2.24) is 0 Å². The van der Waals surface area contributed by atoms with Crippen molar-refractivity contribution in [3.05, 3.63) is 12.2 Å². The van der Waals surface area contributed by atoms with Gasteiger partial charge in [0.15, 0.2) is 6.10 Å². The Bertz CT molecular complexity index is 969. The molecule has 0 aliphatic carbocycles. The van der Waals surface area contributed by atoms with Crippen LogP contribution < -0.4 is 0 Å². The normalized spacial score (nSPS) is 13.6. The number of phosphoric acid groups is 1. The van der Waals surface area contributed by atoms with Crippen LogP contribution in [-0.4, -0.2) is 74.9 Å². The smallest absolute Gasteiger partial charge is 0.462 e. The molecular weight excluding hydrogens is 725 g/mol. The fraction of sp³-hybridized carbons (Fsp3) is 0.913. The molecule has 0 aromatic carbocycles. The molecule has 0 fully saturated rings. The van der Waals surface area contributed by atoms with Crippen LogP contribution in [0.4, 0.5) is 0 Å². The van der Waals surface area contributed by atoms with E-state index in [9.17, 15) is 19.0 Å². The summed E-state index contributed by atoms with van der Waals surface area (Å²) in [5, 5.41) is 0. The Balaban J connectivity index is 4.31. The van der Waals surface area contributed by atoms with Gasteiger partial charge in [0, 0.05) is 12.8 Å². The van der Waals surface area contributed by atoms with Crippen molar-refractivity contribution in [2.75, 3.05) is 47.5 Å². The maximum Gasteiger partial charge on any atom is 0.472 e. The zero-order valence-electron chi connectivity index (χ0n) is 37.4. The Labute approximate surface area is 346 Å². The standard InChI is InChI=1S/C46H90NO8P/c1-6-8-10-12-14-16-18-20-22-23-25-26-28-30-32-34-36-38-45(48)52-42-44(43-54-56(50,51)53-41-40-47(3,4)5)55-46(49)39-37-35-33-31-29-27-24-21-19-17-15-13-11-9-7-2/h29,31,44H,6-28,30,32-43H2,1-5H3/p+1/b31-29+/t44-/m1/s1. The minimum Gasteiger partial charge on any atom is -0.462 e. The number of phosphoric ester groups is 1. The number of allylic oxidation sites excluding steroid dienone is 2. The number of hydrogen-bond acceptors (Lipinski definition) is 7. The minimum absolute atomic E-state index is 0.0315. The van der Waals surface area contributed by atoms with Crippen LogP contribution in [0, 0.1) is 0 Å². The molecule has 0 aromatic heterocycles. The zero-order valence-corrected chi connectivity index (χ0v) is 38.3. The van der Waals surface area contributed by atoms with Gasteiger partial charge in [0.1, 0.15) is 19.8 Å². The Morgan fingerprint density at radius 2 is 0.911 bits per heavy atom. The summed E-state index contributed by atoms with van der Waals surface area (Å²) in [5.41, 5.74) is 0. The summed E-state index contributed by atoms with van der Waals surface area (Å²) in [4.78, 5) is 35.4. The topological polar surface area (TPSA) is 108 Å². The predicted molar refractivity (Wildman–Crippen MR) is 234 cm³/mol. The lowest BCUT2D eigenvalue weighted by Gasteiger charge is -2.24. The monoisotopic (exact) mass is 817 g/mol. The Kier molecular flexibility index (Phi) is 38.3. The molecule has 1 N–H and O–H groups in total. The molecular formula is C46H91NO8P+. The Hall–Kier alpha value is -1.25. The van der Waals surface area contributed by atoms with Gasteiger partial charge < -0.3 is 18.9 Å². The second kappa shape index (κ2) is 39.2. The van der Waals surface area contributed by atoms with Crippen LogP contribution in [0.15, 0.2) is 12.2 Å². The van der Waals surface area contributed by atoms with E-state index < -0.39 is 26.5 Å². The number of quaternary nitrogens is 1. The summed E-state index contributed by atoms with van der Waals surface area (Å²) in [6, 6.07) is 0. The van der Waals surface area contributed by atoms with Gasteiger partial charge in [0.25, 0.3) is 0 Å². The molecule has 332 valence electrons. The first-order valence-corrected chi connectivity index (χ1v) is 24.9. The van der Waals surface area contributed by atoms with Crippen LogP contribution in [0.1, 0.15) is 219 Å². The molecule has 0 bridgehead atoms. The van der Waals surface area contributed by atoms with Crippen molar-refractivity contribution in [3.63, 3.8) is 0 Å². The fourth-order valence-corrected chi connectivity index (χ4v) is 7.34. The second-order valence-electron chi connectivity index (χ2n) is 17.1. The van der Waals surface area contributed by atoms with Gasteiger partial charge in [-0.1, -0.05) is 180 Å². The lowest BCUT2D eigenvalue weighted by molar-refractivity contribution is -0.870. The summed E-state index contributed by atoms with van der Waals surface area (Å²) in [6.45, 7) is 4.43. The van der Waals surface area contributed by atoms with Crippen LogP contribution in [0.5, 0.6) is 0 Å². The van der Waals surface area contributed by atoms with E-state index in [1.54, 1.807) is 0 Å². The number of ether oxygens (including phenoxy) is 2. The maximum atomic E-state index is 12.7. The highest BCUT2D eigenvalue weighted by atomic mass is 31.2. The maximum absolute atomic E-state index is 12.7. The number of esters is 2. The van der Waals surface area contributed by atoms with E-state index >= 15 is 0 Å². The van der Waals surface area contributed by atoms with Crippen molar-refractivity contribution in [2.24, 2.45) is 0 Å². The van der Waals surface area contributed by atoms with Gasteiger partial charge in [0.2, 0.25) is 0 Å². The molecule has 0 amide bonds. The fourth-order valence-electron chi connectivity index (χ4n) is 6.60. The molecule has 0 rings (SSSR count). The zero-order chi connectivity index (χ0) is 41.4. The van der Waals surface area contributed by atoms with Crippen LogP contribution in [0.3, 0.4) is 0 Å². The highest BCUT2D eigenvalue weighted by molar-refractivity contribution is 7.47. The first-order valence-electron chi connectivity index (χ1n) is 23.4. The van der Waals surface area contributed by atoms with Crippen LogP contribution >= 0.6 is 7.82 Å². The molecule has 1 unspecified atom stereocenters. The van der Waals surface area contributed by atoms with E-state index in [1.165, 1.54) is 148 Å². The molecule has 0 heterocycles. The van der Waals surface area contributed by atoms with Gasteiger partial charge in [0.05, 0.1) is 27.7 Å². The molecule has 0 saturated carbocycles. The molecule has 0 aliphatic heterocycles. The molecule has 10 heteroatoms. The average Bonchev–Trinajstić information content (AvgIpc) is 3.15. The first-order chi connectivity index (χ1) is 27.0. The van der Waals surface area contributed by atoms with Crippen molar-refractivity contribution in [2.45, 2.75) is 225 Å². The van der Waals surface area contributed by atoms with Crippen LogP contribution in [0.25, 0.3) is 0 Å². The van der Waals surface area contributed by atoms with E-state index in [0.717, 1.165) is 38.5 Å². The predicted octanol–water partition coefficient (Wildman–Crippen LogP) is 13.4. The van der Waals surface area contributed by atoms with Crippen molar-refractivity contribution in [3.8, 4) is 0 Å². The first kappa shape index (κ1) is 54.8. The SMILES string of the molecule is CCCCCCCCCCC/C=C/CCCCC(=O)O[C@H](COC(=O)CCCCCCCCCCCCCCCCCCC)COP(=O)(O)OCC[N+](C)(C)C. The third-order valence-corrected chi connectivity index (χ3v) is 11.3. The van der Waals surface area contributed by atoms with Crippen molar-refractivity contribution >= 4 is 19.8 Å². The Morgan fingerprint density at radius 1 is 0.536 bits per heavy atom. The number of unbranched alkanes of at least 4 members (excludes halogenated alkanes) is 27. The van der Waals surface area contributed by atoms with Crippen LogP contribution in [0.2, 0.25) is 0 Å². The number of carbonyl (C=O) groups is 2. The molecule has 56 heavy (non-hydrogen) atoms. The molecule has 0 spiro atoms. The van der Waals surface area contributed by atoms with Crippen molar-refractivity contribution in [1.29, 1.82) is 0 Å². The largest absolute Gasteiger partial charge is 0.472 e. The van der Waals surface area contributed by atoms with Gasteiger partial charge in [-0.15, -0.1) is 0 Å². The lowest BCUT2D eigenvalue weighted by Crippen LogP contribution is -2.37. The number of hydrogen-bond donors (Lipinski definition) is 1. The van der Waals surface area contributed by atoms with E-state index in [1.807, 2.05) is 21.1 Å². The highest BCUT2D eigenvalue weighted by Crippen LogP contribution is 2.43.